The fourth-order valence-electron chi connectivity index (χ4n) is 7.99. The minimum atomic E-state index is -4.61. The minimum absolute atomic E-state index is 0.0139. The summed E-state index contributed by atoms with van der Waals surface area (Å²) in [6.45, 7) is 4.55. The van der Waals surface area contributed by atoms with Crippen molar-refractivity contribution in [2.24, 2.45) is 0 Å². The van der Waals surface area contributed by atoms with Gasteiger partial charge in [0.15, 0.2) is 0 Å². The van der Waals surface area contributed by atoms with Crippen LogP contribution in [0.5, 0.6) is 0 Å². The Morgan fingerprint density at radius 1 is 0.522 bits per heavy atom. The summed E-state index contributed by atoms with van der Waals surface area (Å²) < 4.78 is 23.2. The normalized spacial score (nSPS) is 14.4. The van der Waals surface area contributed by atoms with Gasteiger partial charge >= 0.3 is 0 Å². The zero-order chi connectivity index (χ0) is 49.2. The number of rotatable bonds is 51. The molecule has 0 aliphatic rings. The van der Waals surface area contributed by atoms with Crippen LogP contribution in [-0.2, 0) is 18.4 Å². The van der Waals surface area contributed by atoms with Crippen LogP contribution in [0.4, 0.5) is 0 Å². The SMILES string of the molecule is CCC/C=C\C/C=C\CCCCCCCC(=O)NC(COP(=O)([O-])OCC[N+](C)(C)C)C(O)/C=C/CC/C=C/CC/C=C/CCCCCCCCCCCCCCCCCCCCCCCC. The molecule has 67 heavy (non-hydrogen) atoms. The van der Waals surface area contributed by atoms with Crippen LogP contribution in [0.2, 0.25) is 0 Å². The molecule has 0 radical (unpaired) electrons. The molecule has 8 nitrogen and oxygen atoms in total. The molecule has 1 amide bonds. The molecule has 0 saturated carbocycles. The Morgan fingerprint density at radius 3 is 1.36 bits per heavy atom. The average molecular weight is 961 g/mol. The number of quaternary nitrogens is 1. The number of nitrogens with one attached hydrogen (secondary N) is 1. The van der Waals surface area contributed by atoms with Crippen LogP contribution < -0.4 is 10.2 Å². The first-order valence-corrected chi connectivity index (χ1v) is 29.6. The standard InChI is InChI=1S/C58H109N2O6P/c1-6-8-10-12-14-16-18-20-21-22-23-24-25-26-27-28-29-30-31-32-33-34-35-36-37-38-40-41-43-45-47-49-51-57(61)56(55-66-67(63,64)65-54-53-60(3,4)5)59-58(62)52-50-48-46-44-42-39-19-17-15-13-11-9-7-2/h11,13,17,19,36-37,41,43,49,51,56-57,61H,6-10,12,14-16,18,20-35,38-40,42,44-48,50,52-55H2,1-5H3,(H-,59,62,63,64)/b13-11-,19-17-,37-36+,43-41+,51-49+. The summed E-state index contributed by atoms with van der Waals surface area (Å²) in [6, 6.07) is -0.919. The summed E-state index contributed by atoms with van der Waals surface area (Å²) in [5, 5.41) is 13.8. The molecule has 0 saturated heterocycles. The number of carbonyl (C=O) groups is 1. The van der Waals surface area contributed by atoms with Crippen LogP contribution in [0.15, 0.2) is 60.8 Å². The number of likely N-dealkylation sites (N-methyl/N-ethyl adjacent to an activating group) is 1. The van der Waals surface area contributed by atoms with Gasteiger partial charge in [0.2, 0.25) is 5.91 Å². The molecule has 0 aromatic rings. The number of nitrogens with zero attached hydrogens (tertiary/aromatic N) is 1. The number of hydrogen-bond donors (Lipinski definition) is 2. The number of amides is 1. The van der Waals surface area contributed by atoms with Gasteiger partial charge in [-0.15, -0.1) is 0 Å². The van der Waals surface area contributed by atoms with Crippen LogP contribution in [0.3, 0.4) is 0 Å². The van der Waals surface area contributed by atoms with Crippen molar-refractivity contribution in [2.45, 2.75) is 264 Å². The van der Waals surface area contributed by atoms with Gasteiger partial charge in [0, 0.05) is 6.42 Å². The van der Waals surface area contributed by atoms with Crippen LogP contribution in [0.25, 0.3) is 0 Å². The lowest BCUT2D eigenvalue weighted by atomic mass is 10.0. The van der Waals surface area contributed by atoms with Crippen molar-refractivity contribution in [1.82, 2.24) is 5.32 Å². The van der Waals surface area contributed by atoms with E-state index in [1.165, 1.54) is 154 Å². The van der Waals surface area contributed by atoms with Gasteiger partial charge in [0.1, 0.15) is 13.2 Å². The highest BCUT2D eigenvalue weighted by molar-refractivity contribution is 7.45. The number of phosphoric ester groups is 1. The Bertz CT molecular complexity index is 1270. The molecular formula is C58H109N2O6P. The van der Waals surface area contributed by atoms with Gasteiger partial charge in [-0.2, -0.15) is 0 Å². The van der Waals surface area contributed by atoms with E-state index in [-0.39, 0.29) is 12.5 Å². The summed E-state index contributed by atoms with van der Waals surface area (Å²) in [4.78, 5) is 25.4. The van der Waals surface area contributed by atoms with Gasteiger partial charge < -0.3 is 28.8 Å². The molecule has 0 aromatic carbocycles. The van der Waals surface area contributed by atoms with E-state index >= 15 is 0 Å². The largest absolute Gasteiger partial charge is 0.756 e. The van der Waals surface area contributed by atoms with Gasteiger partial charge in [-0.1, -0.05) is 235 Å². The molecule has 0 aliphatic carbocycles. The first-order valence-electron chi connectivity index (χ1n) is 28.2. The molecule has 3 unspecified atom stereocenters. The van der Waals surface area contributed by atoms with Crippen molar-refractivity contribution < 1.29 is 32.9 Å². The van der Waals surface area contributed by atoms with Crippen molar-refractivity contribution in [2.75, 3.05) is 40.9 Å². The van der Waals surface area contributed by atoms with E-state index in [4.69, 9.17) is 9.05 Å². The highest BCUT2D eigenvalue weighted by atomic mass is 31.2. The van der Waals surface area contributed by atoms with Gasteiger partial charge in [-0.05, 0) is 70.6 Å². The molecule has 392 valence electrons. The summed E-state index contributed by atoms with van der Waals surface area (Å²) in [5.41, 5.74) is 0. The van der Waals surface area contributed by atoms with E-state index < -0.39 is 26.6 Å². The predicted molar refractivity (Wildman–Crippen MR) is 288 cm³/mol. The van der Waals surface area contributed by atoms with Crippen molar-refractivity contribution in [1.29, 1.82) is 0 Å². The third-order valence-electron chi connectivity index (χ3n) is 12.4. The number of allylic oxidation sites excluding steroid dienone is 9. The van der Waals surface area contributed by atoms with Crippen molar-refractivity contribution in [3.05, 3.63) is 60.8 Å². The molecule has 0 rings (SSSR count). The molecule has 0 bridgehead atoms. The Kier molecular flexibility index (Phi) is 47.9. The second kappa shape index (κ2) is 49.2. The monoisotopic (exact) mass is 961 g/mol. The average Bonchev–Trinajstić information content (AvgIpc) is 3.29. The maximum atomic E-state index is 12.9. The first-order chi connectivity index (χ1) is 32.5. The first kappa shape index (κ1) is 65.2. The minimum Gasteiger partial charge on any atom is -0.756 e. The van der Waals surface area contributed by atoms with Crippen molar-refractivity contribution in [3.8, 4) is 0 Å². The fraction of sp³-hybridized carbons (Fsp3) is 0.810. The summed E-state index contributed by atoms with van der Waals surface area (Å²) in [6.07, 6.45) is 66.1. The Morgan fingerprint density at radius 2 is 0.910 bits per heavy atom. The summed E-state index contributed by atoms with van der Waals surface area (Å²) >= 11 is 0. The van der Waals surface area contributed by atoms with Crippen molar-refractivity contribution >= 4 is 13.7 Å². The lowest BCUT2D eigenvalue weighted by Crippen LogP contribution is -2.45. The van der Waals surface area contributed by atoms with Gasteiger partial charge in [-0.25, -0.2) is 0 Å². The van der Waals surface area contributed by atoms with E-state index in [1.807, 2.05) is 27.2 Å². The number of carbonyl (C=O) groups excluding carboxylic acids is 1. The highest BCUT2D eigenvalue weighted by Crippen LogP contribution is 2.38. The molecule has 0 aromatic heterocycles. The molecular weight excluding hydrogens is 852 g/mol. The van der Waals surface area contributed by atoms with Crippen molar-refractivity contribution in [3.63, 3.8) is 0 Å². The number of aliphatic hydroxyl groups excluding tert-OH is 1. The number of phosphoric acid groups is 1. The molecule has 9 heteroatoms. The summed E-state index contributed by atoms with van der Waals surface area (Å²) in [7, 11) is 1.22. The van der Waals surface area contributed by atoms with Crippen LogP contribution in [-0.4, -0.2) is 68.5 Å². The number of aliphatic hydroxyl groups is 1. The van der Waals surface area contributed by atoms with Crippen LogP contribution >= 0.6 is 7.82 Å². The zero-order valence-electron chi connectivity index (χ0n) is 44.6. The Labute approximate surface area is 415 Å². The molecule has 0 heterocycles. The van der Waals surface area contributed by atoms with E-state index in [0.717, 1.165) is 77.0 Å². The fourth-order valence-corrected chi connectivity index (χ4v) is 8.71. The Balaban J connectivity index is 4.17. The molecule has 0 aliphatic heterocycles. The number of unbranched alkanes of at least 4 members (excludes halogenated alkanes) is 30. The predicted octanol–water partition coefficient (Wildman–Crippen LogP) is 16.3. The lowest BCUT2D eigenvalue weighted by molar-refractivity contribution is -0.870. The van der Waals surface area contributed by atoms with Gasteiger partial charge in [-0.3, -0.25) is 9.36 Å². The quantitative estimate of drug-likeness (QED) is 0.0272. The second-order valence-corrected chi connectivity index (χ2v) is 21.7. The highest BCUT2D eigenvalue weighted by Gasteiger charge is 2.23. The maximum absolute atomic E-state index is 12.9. The van der Waals surface area contributed by atoms with Gasteiger partial charge in [0.25, 0.3) is 7.82 Å². The van der Waals surface area contributed by atoms with E-state index in [0.29, 0.717) is 17.4 Å². The van der Waals surface area contributed by atoms with Crippen LogP contribution in [0.1, 0.15) is 251 Å². The topological polar surface area (TPSA) is 108 Å². The second-order valence-electron chi connectivity index (χ2n) is 20.3. The third-order valence-corrected chi connectivity index (χ3v) is 13.4. The molecule has 3 atom stereocenters. The van der Waals surface area contributed by atoms with Crippen LogP contribution in [0, 0.1) is 0 Å². The third kappa shape index (κ3) is 51.9. The smallest absolute Gasteiger partial charge is 0.268 e. The lowest BCUT2D eigenvalue weighted by Gasteiger charge is -2.29. The van der Waals surface area contributed by atoms with E-state index in [1.54, 1.807) is 6.08 Å². The molecule has 0 fully saturated rings. The van der Waals surface area contributed by atoms with Gasteiger partial charge in [0.05, 0.1) is 39.9 Å². The number of hydrogen-bond acceptors (Lipinski definition) is 6. The maximum Gasteiger partial charge on any atom is 0.268 e. The molecule has 0 spiro atoms. The Hall–Kier alpha value is -1.80. The van der Waals surface area contributed by atoms with E-state index in [9.17, 15) is 19.4 Å². The molecule has 2 N–H and O–H groups in total. The summed E-state index contributed by atoms with van der Waals surface area (Å²) in [5.74, 6) is -0.227. The van der Waals surface area contributed by atoms with E-state index in [2.05, 4.69) is 67.8 Å². The zero-order valence-corrected chi connectivity index (χ0v) is 45.5.